The number of carbonyl (C=O) groups is 2. The molecule has 3 aliphatic heterocycles. The van der Waals surface area contributed by atoms with Crippen LogP contribution < -0.4 is 5.48 Å². The van der Waals surface area contributed by atoms with Gasteiger partial charge >= 0.3 is 6.09 Å². The van der Waals surface area contributed by atoms with Crippen LogP contribution in [0.1, 0.15) is 48.3 Å². The normalized spacial score (nSPS) is 27.4. The molecular weight excluding hydrogens is 562 g/mol. The van der Waals surface area contributed by atoms with E-state index in [1.807, 2.05) is 19.1 Å². The van der Waals surface area contributed by atoms with Gasteiger partial charge in [-0.15, -0.1) is 0 Å². The molecule has 3 heterocycles. The number of hydroxylamine groups is 1. The predicted molar refractivity (Wildman–Crippen MR) is 152 cm³/mol. The number of nitriles is 1. The summed E-state index contributed by atoms with van der Waals surface area (Å²) in [4.78, 5) is 29.5. The lowest BCUT2D eigenvalue weighted by Gasteiger charge is -2.35. The first-order valence-corrected chi connectivity index (χ1v) is 16.4. The highest BCUT2D eigenvalue weighted by molar-refractivity contribution is 7.89. The molecule has 0 bridgehead atoms. The Morgan fingerprint density at radius 1 is 1.14 bits per heavy atom. The van der Waals surface area contributed by atoms with Gasteiger partial charge in [0.1, 0.15) is 6.61 Å². The van der Waals surface area contributed by atoms with Gasteiger partial charge in [-0.05, 0) is 73.6 Å². The fourth-order valence-electron chi connectivity index (χ4n) is 7.39. The van der Waals surface area contributed by atoms with E-state index >= 15 is 0 Å². The second-order valence-corrected chi connectivity index (χ2v) is 14.2. The van der Waals surface area contributed by atoms with Crippen LogP contribution in [0, 0.1) is 35.5 Å². The van der Waals surface area contributed by atoms with Gasteiger partial charge in [-0.1, -0.05) is 6.07 Å². The summed E-state index contributed by atoms with van der Waals surface area (Å²) in [5.41, 5.74) is 3.25. The Labute approximate surface area is 247 Å². The van der Waals surface area contributed by atoms with Crippen molar-refractivity contribution in [1.82, 2.24) is 19.6 Å². The van der Waals surface area contributed by atoms with Crippen molar-refractivity contribution in [3.63, 3.8) is 0 Å². The smallest absolute Gasteiger partial charge is 0.409 e. The first kappa shape index (κ1) is 30.7. The number of rotatable bonds is 8. The van der Waals surface area contributed by atoms with Crippen LogP contribution in [-0.4, -0.2) is 111 Å². The van der Waals surface area contributed by atoms with E-state index in [1.54, 1.807) is 16.4 Å². The predicted octanol–water partition coefficient (Wildman–Crippen LogP) is 1.68. The van der Waals surface area contributed by atoms with Crippen LogP contribution >= 0.6 is 0 Å². The number of fused-ring (bicyclic) bond motifs is 1. The molecule has 4 aliphatic rings. The van der Waals surface area contributed by atoms with Gasteiger partial charge in [-0.3, -0.25) is 14.9 Å². The van der Waals surface area contributed by atoms with Gasteiger partial charge in [-0.25, -0.2) is 23.0 Å². The number of nitrogens with one attached hydrogen (secondary N) is 1. The van der Waals surface area contributed by atoms with Crippen molar-refractivity contribution in [3.05, 3.63) is 34.9 Å². The summed E-state index contributed by atoms with van der Waals surface area (Å²) < 4.78 is 39.6. The van der Waals surface area contributed by atoms with E-state index in [1.165, 1.54) is 4.31 Å². The van der Waals surface area contributed by atoms with Gasteiger partial charge < -0.3 is 14.4 Å². The molecule has 230 valence electrons. The van der Waals surface area contributed by atoms with Crippen LogP contribution in [-0.2, 0) is 24.3 Å². The number of sulfonamides is 1. The maximum absolute atomic E-state index is 13.6. The molecule has 3 atom stereocenters. The number of benzene rings is 1. The molecule has 5 rings (SSSR count). The average molecular weight is 604 g/mol. The largest absolute Gasteiger partial charge is 0.448 e. The molecule has 1 aliphatic carbocycles. The van der Waals surface area contributed by atoms with Crippen LogP contribution in [0.15, 0.2) is 18.2 Å². The SMILES string of the molecule is Cc1cc(C#N)ccc1C1CCN(S(=O)(=O)CC2(C(=O)NO)C[C@H]3CN(C(=O)OCCN4CCOCC4)C[C@H]3C2)CC1. The minimum Gasteiger partial charge on any atom is -0.448 e. The second-order valence-electron chi connectivity index (χ2n) is 12.2. The van der Waals surface area contributed by atoms with Crippen molar-refractivity contribution >= 4 is 22.0 Å². The zero-order valence-electron chi connectivity index (χ0n) is 24.2. The number of piperidine rings is 1. The number of hydrogen-bond acceptors (Lipinski definition) is 9. The van der Waals surface area contributed by atoms with Crippen molar-refractivity contribution < 1.29 is 32.7 Å². The highest BCUT2D eigenvalue weighted by Gasteiger charge is 2.56. The first-order valence-electron chi connectivity index (χ1n) is 14.8. The number of aryl methyl sites for hydroxylation is 1. The Bertz CT molecular complexity index is 1290. The number of morpholine rings is 1. The molecule has 12 nitrogen and oxygen atoms in total. The maximum atomic E-state index is 13.6. The number of amides is 2. The van der Waals surface area contributed by atoms with E-state index in [0.717, 1.165) is 24.2 Å². The number of likely N-dealkylation sites (tertiary alicyclic amines) is 1. The van der Waals surface area contributed by atoms with Crippen molar-refractivity contribution in [2.75, 3.05) is 71.4 Å². The van der Waals surface area contributed by atoms with E-state index in [9.17, 15) is 23.2 Å². The van der Waals surface area contributed by atoms with Gasteiger partial charge in [0.15, 0.2) is 0 Å². The number of nitrogens with zero attached hydrogens (tertiary/aromatic N) is 4. The van der Waals surface area contributed by atoms with E-state index in [-0.39, 0.29) is 42.4 Å². The third kappa shape index (κ3) is 6.58. The summed E-state index contributed by atoms with van der Waals surface area (Å²) >= 11 is 0. The Balaban J connectivity index is 1.16. The Hall–Kier alpha value is -2.76. The van der Waals surface area contributed by atoms with Crippen LogP contribution in [0.4, 0.5) is 4.79 Å². The molecule has 1 aromatic rings. The van der Waals surface area contributed by atoms with Crippen LogP contribution in [0.5, 0.6) is 0 Å². The lowest BCUT2D eigenvalue weighted by Crippen LogP contribution is -2.49. The average Bonchev–Trinajstić information content (AvgIpc) is 3.54. The van der Waals surface area contributed by atoms with Gasteiger partial charge in [-0.2, -0.15) is 5.26 Å². The summed E-state index contributed by atoms with van der Waals surface area (Å²) in [7, 11) is -3.79. The molecule has 42 heavy (non-hydrogen) atoms. The van der Waals surface area contributed by atoms with E-state index in [4.69, 9.17) is 14.7 Å². The Morgan fingerprint density at radius 3 is 2.40 bits per heavy atom. The van der Waals surface area contributed by atoms with Crippen molar-refractivity contribution in [2.24, 2.45) is 17.3 Å². The fraction of sp³-hybridized carbons (Fsp3) is 0.690. The first-order chi connectivity index (χ1) is 20.1. The fourth-order valence-corrected chi connectivity index (χ4v) is 9.41. The summed E-state index contributed by atoms with van der Waals surface area (Å²) in [6.07, 6.45) is 1.48. The molecule has 2 N–H and O–H groups in total. The number of carbonyl (C=O) groups excluding carboxylic acids is 2. The minimum atomic E-state index is -3.79. The zero-order valence-corrected chi connectivity index (χ0v) is 25.0. The van der Waals surface area contributed by atoms with Gasteiger partial charge in [0.05, 0.1) is 36.0 Å². The summed E-state index contributed by atoms with van der Waals surface area (Å²) in [5, 5.41) is 18.7. The maximum Gasteiger partial charge on any atom is 0.409 e. The quantitative estimate of drug-likeness (QED) is 0.334. The second kappa shape index (κ2) is 12.9. The van der Waals surface area contributed by atoms with Crippen LogP contribution in [0.2, 0.25) is 0 Å². The van der Waals surface area contributed by atoms with Crippen molar-refractivity contribution in [1.29, 1.82) is 5.26 Å². The molecule has 0 aromatic heterocycles. The van der Waals surface area contributed by atoms with E-state index in [0.29, 0.717) is 70.9 Å². The van der Waals surface area contributed by atoms with Crippen LogP contribution in [0.3, 0.4) is 0 Å². The lowest BCUT2D eigenvalue weighted by molar-refractivity contribution is -0.138. The molecule has 0 radical (unpaired) electrons. The zero-order chi connectivity index (χ0) is 29.9. The number of ether oxygens (including phenoxy) is 2. The van der Waals surface area contributed by atoms with Gasteiger partial charge in [0.2, 0.25) is 10.0 Å². The summed E-state index contributed by atoms with van der Waals surface area (Å²) in [6, 6.07) is 7.77. The molecule has 3 saturated heterocycles. The van der Waals surface area contributed by atoms with E-state index in [2.05, 4.69) is 11.0 Å². The standard InChI is InChI=1S/C29H41N5O7S/c1-21-14-22(17-30)2-3-26(21)23-4-6-34(7-5-23)42(38,39)20-29(27(35)31-37)15-24-18-33(19-25(24)16-29)28(36)41-13-10-32-8-11-40-12-9-32/h2-3,14,23-25,37H,4-13,15-16,18-20H2,1H3,(H,31,35)/t24-,25+,29?. The highest BCUT2D eigenvalue weighted by atomic mass is 32.2. The van der Waals surface area contributed by atoms with Crippen molar-refractivity contribution in [2.45, 2.75) is 38.5 Å². The molecule has 1 unspecified atom stereocenters. The third-order valence-electron chi connectivity index (χ3n) is 9.61. The number of hydrogen-bond donors (Lipinski definition) is 2. The third-order valence-corrected chi connectivity index (χ3v) is 11.7. The van der Waals surface area contributed by atoms with E-state index < -0.39 is 21.3 Å². The van der Waals surface area contributed by atoms with Gasteiger partial charge in [0.25, 0.3) is 5.91 Å². The highest BCUT2D eigenvalue weighted by Crippen LogP contribution is 2.50. The monoisotopic (exact) mass is 603 g/mol. The molecule has 1 aromatic carbocycles. The van der Waals surface area contributed by atoms with Crippen molar-refractivity contribution in [3.8, 4) is 6.07 Å². The minimum absolute atomic E-state index is 0.0469. The topological polar surface area (TPSA) is 153 Å². The molecular formula is C29H41N5O7S. The molecule has 4 fully saturated rings. The summed E-state index contributed by atoms with van der Waals surface area (Å²) in [6.45, 7) is 7.40. The van der Waals surface area contributed by atoms with Gasteiger partial charge in [0, 0.05) is 45.8 Å². The Kier molecular flexibility index (Phi) is 9.39. The molecule has 2 amide bonds. The van der Waals surface area contributed by atoms with Crippen LogP contribution in [0.25, 0.3) is 0 Å². The Morgan fingerprint density at radius 2 is 1.81 bits per heavy atom. The molecule has 0 spiro atoms. The summed E-state index contributed by atoms with van der Waals surface area (Å²) in [5.74, 6) is -0.944. The molecule has 13 heteroatoms. The lowest BCUT2D eigenvalue weighted by atomic mass is 9.86. The molecule has 1 saturated carbocycles.